The number of fused-ring (bicyclic) bond motifs is 1. The second-order valence-corrected chi connectivity index (χ2v) is 8.11. The summed E-state index contributed by atoms with van der Waals surface area (Å²) in [5, 5.41) is 11.4. The number of ketones is 1. The van der Waals surface area contributed by atoms with Crippen molar-refractivity contribution in [1.29, 1.82) is 0 Å². The molecule has 2 aromatic heterocycles. The number of hydrogen-bond donors (Lipinski definition) is 1. The molecule has 6 nitrogen and oxygen atoms in total. The molecule has 4 aromatic rings. The lowest BCUT2D eigenvalue weighted by Gasteiger charge is -2.25. The van der Waals surface area contributed by atoms with Gasteiger partial charge in [0.1, 0.15) is 17.4 Å². The van der Waals surface area contributed by atoms with Crippen LogP contribution < -0.4 is 4.90 Å². The summed E-state index contributed by atoms with van der Waals surface area (Å²) in [6, 6.07) is 16.2. The molecule has 32 heavy (non-hydrogen) atoms. The summed E-state index contributed by atoms with van der Waals surface area (Å²) in [5.41, 5.74) is 0.832. The molecule has 2 aromatic carbocycles. The van der Waals surface area contributed by atoms with E-state index in [1.165, 1.54) is 24.4 Å². The minimum Gasteiger partial charge on any atom is -0.503 e. The van der Waals surface area contributed by atoms with Crippen molar-refractivity contribution < 1.29 is 23.5 Å². The highest BCUT2D eigenvalue weighted by molar-refractivity contribution is 9.10. The fraction of sp³-hybridized carbons (Fsp3) is 0.0417. The first-order valence-corrected chi connectivity index (χ1v) is 10.4. The zero-order valence-electron chi connectivity index (χ0n) is 16.3. The fourth-order valence-corrected chi connectivity index (χ4v) is 4.18. The number of hydrogen-bond acceptors (Lipinski definition) is 5. The van der Waals surface area contributed by atoms with Crippen LogP contribution in [-0.4, -0.2) is 21.8 Å². The van der Waals surface area contributed by atoms with Crippen molar-refractivity contribution in [3.05, 3.63) is 106 Å². The Morgan fingerprint density at radius 1 is 1.09 bits per heavy atom. The van der Waals surface area contributed by atoms with Gasteiger partial charge in [0.25, 0.3) is 5.91 Å². The maximum absolute atomic E-state index is 13.9. The largest absolute Gasteiger partial charge is 0.503 e. The smallest absolute Gasteiger partial charge is 0.294 e. The molecule has 1 amide bonds. The van der Waals surface area contributed by atoms with Crippen LogP contribution in [0.5, 0.6) is 0 Å². The number of pyridine rings is 1. The Morgan fingerprint density at radius 3 is 2.69 bits per heavy atom. The molecule has 0 radical (unpaired) electrons. The van der Waals surface area contributed by atoms with Gasteiger partial charge in [-0.05, 0) is 54.6 Å². The monoisotopic (exact) mass is 492 g/mol. The number of nitrogens with zero attached hydrogens (tertiary/aromatic N) is 2. The van der Waals surface area contributed by atoms with Gasteiger partial charge in [0.15, 0.2) is 11.5 Å². The van der Waals surface area contributed by atoms with Gasteiger partial charge in [0.2, 0.25) is 5.78 Å². The number of Topliss-reactive ketones (excluding diaryl/α,β-unsaturated/α-hetero) is 1. The Labute approximate surface area is 189 Å². The minimum atomic E-state index is -1.06. The van der Waals surface area contributed by atoms with Crippen LogP contribution in [0.1, 0.15) is 22.3 Å². The Balaban J connectivity index is 1.66. The third-order valence-corrected chi connectivity index (χ3v) is 5.70. The Bertz CT molecular complexity index is 1410. The van der Waals surface area contributed by atoms with Gasteiger partial charge in [-0.25, -0.2) is 4.39 Å². The first kappa shape index (κ1) is 20.1. The van der Waals surface area contributed by atoms with E-state index < -0.39 is 29.3 Å². The van der Waals surface area contributed by atoms with E-state index in [4.69, 9.17) is 4.42 Å². The van der Waals surface area contributed by atoms with Gasteiger partial charge in [-0.2, -0.15) is 0 Å². The number of aromatic nitrogens is 1. The summed E-state index contributed by atoms with van der Waals surface area (Å²) in [7, 11) is 0. The SMILES string of the molecule is O=C(C1=C(O)C(=O)N(c2cccc(F)c2)C1c1ccccn1)c1cc2cc(Br)ccc2o1. The summed E-state index contributed by atoms with van der Waals surface area (Å²) in [5.74, 6) is -2.80. The van der Waals surface area contributed by atoms with E-state index in [9.17, 15) is 19.1 Å². The topological polar surface area (TPSA) is 83.6 Å². The summed E-state index contributed by atoms with van der Waals surface area (Å²) in [4.78, 5) is 32.0. The molecule has 1 aliphatic rings. The molecular weight excluding hydrogens is 479 g/mol. The van der Waals surface area contributed by atoms with Gasteiger partial charge < -0.3 is 9.52 Å². The molecule has 1 unspecified atom stereocenters. The third-order valence-electron chi connectivity index (χ3n) is 5.21. The van der Waals surface area contributed by atoms with Crippen molar-refractivity contribution in [2.45, 2.75) is 6.04 Å². The Hall–Kier alpha value is -3.78. The van der Waals surface area contributed by atoms with Gasteiger partial charge >= 0.3 is 0 Å². The molecular formula is C24H14BrFN2O4. The van der Waals surface area contributed by atoms with Crippen molar-refractivity contribution in [3.63, 3.8) is 0 Å². The van der Waals surface area contributed by atoms with Crippen LogP contribution in [0.4, 0.5) is 10.1 Å². The summed E-state index contributed by atoms with van der Waals surface area (Å²) in [6.07, 6.45) is 1.51. The molecule has 3 heterocycles. The molecule has 0 bridgehead atoms. The van der Waals surface area contributed by atoms with Gasteiger partial charge in [0.05, 0.1) is 11.3 Å². The maximum atomic E-state index is 13.9. The Morgan fingerprint density at radius 2 is 1.94 bits per heavy atom. The highest BCUT2D eigenvalue weighted by atomic mass is 79.9. The fourth-order valence-electron chi connectivity index (χ4n) is 3.81. The van der Waals surface area contributed by atoms with Crippen molar-refractivity contribution in [1.82, 2.24) is 4.98 Å². The van der Waals surface area contributed by atoms with Crippen LogP contribution in [0.2, 0.25) is 0 Å². The summed E-state index contributed by atoms with van der Waals surface area (Å²) < 4.78 is 20.4. The molecule has 0 spiro atoms. The average molecular weight is 493 g/mol. The van der Waals surface area contributed by atoms with Crippen LogP contribution >= 0.6 is 15.9 Å². The average Bonchev–Trinajstić information content (AvgIpc) is 3.32. The molecule has 0 aliphatic carbocycles. The maximum Gasteiger partial charge on any atom is 0.294 e. The van der Waals surface area contributed by atoms with Gasteiger partial charge in [-0.3, -0.25) is 19.5 Å². The number of benzene rings is 2. The van der Waals surface area contributed by atoms with Crippen molar-refractivity contribution in [2.75, 3.05) is 4.90 Å². The number of carbonyl (C=O) groups is 2. The highest BCUT2D eigenvalue weighted by Gasteiger charge is 2.46. The lowest BCUT2D eigenvalue weighted by Crippen LogP contribution is -2.31. The van der Waals surface area contributed by atoms with Gasteiger partial charge in [-0.1, -0.05) is 28.1 Å². The molecule has 0 saturated heterocycles. The van der Waals surface area contributed by atoms with E-state index in [-0.39, 0.29) is 17.0 Å². The minimum absolute atomic E-state index is 0.0329. The van der Waals surface area contributed by atoms with Crippen molar-refractivity contribution >= 4 is 44.3 Å². The van der Waals surface area contributed by atoms with E-state index in [0.29, 0.717) is 16.7 Å². The van der Waals surface area contributed by atoms with Crippen molar-refractivity contribution in [2.24, 2.45) is 0 Å². The molecule has 0 saturated carbocycles. The first-order valence-electron chi connectivity index (χ1n) is 9.61. The van der Waals surface area contributed by atoms with Crippen LogP contribution in [0, 0.1) is 5.82 Å². The standard InChI is InChI=1S/C24H14BrFN2O4/c25-14-7-8-18-13(10-14)11-19(32-18)22(29)20-21(17-6-1-2-9-27-17)28(24(31)23(20)30)16-5-3-4-15(26)12-16/h1-12,21,30H. The van der Waals surface area contributed by atoms with Crippen LogP contribution in [0.25, 0.3) is 11.0 Å². The lowest BCUT2D eigenvalue weighted by atomic mass is 9.98. The Kier molecular flexibility index (Phi) is 4.86. The third kappa shape index (κ3) is 3.29. The number of aliphatic hydroxyl groups is 1. The predicted octanol–water partition coefficient (Wildman–Crippen LogP) is 5.51. The van der Waals surface area contributed by atoms with Crippen LogP contribution in [-0.2, 0) is 4.79 Å². The van der Waals surface area contributed by atoms with E-state index in [0.717, 1.165) is 15.4 Å². The molecule has 158 valence electrons. The number of carbonyl (C=O) groups excluding carboxylic acids is 2. The summed E-state index contributed by atoms with van der Waals surface area (Å²) in [6.45, 7) is 0. The quantitative estimate of drug-likeness (QED) is 0.379. The van der Waals surface area contributed by atoms with E-state index in [1.807, 2.05) is 0 Å². The van der Waals surface area contributed by atoms with Crippen LogP contribution in [0.3, 0.4) is 0 Å². The highest BCUT2D eigenvalue weighted by Crippen LogP contribution is 2.41. The molecule has 8 heteroatoms. The molecule has 5 rings (SSSR count). The van der Waals surface area contributed by atoms with Gasteiger partial charge in [-0.15, -0.1) is 0 Å². The van der Waals surface area contributed by atoms with E-state index in [2.05, 4.69) is 20.9 Å². The molecule has 0 fully saturated rings. The second-order valence-electron chi connectivity index (χ2n) is 7.20. The molecule has 1 N–H and O–H groups in total. The number of anilines is 1. The normalized spacial score (nSPS) is 16.2. The number of furan rings is 1. The van der Waals surface area contributed by atoms with E-state index >= 15 is 0 Å². The lowest BCUT2D eigenvalue weighted by molar-refractivity contribution is -0.117. The summed E-state index contributed by atoms with van der Waals surface area (Å²) >= 11 is 3.38. The number of halogens is 2. The first-order chi connectivity index (χ1) is 15.4. The second kappa shape index (κ2) is 7.72. The van der Waals surface area contributed by atoms with E-state index in [1.54, 1.807) is 42.5 Å². The number of rotatable bonds is 4. The zero-order valence-corrected chi connectivity index (χ0v) is 17.9. The van der Waals surface area contributed by atoms with Crippen molar-refractivity contribution in [3.8, 4) is 0 Å². The number of aliphatic hydroxyl groups excluding tert-OH is 1. The molecule has 1 aliphatic heterocycles. The van der Waals surface area contributed by atoms with Gasteiger partial charge in [0, 0.05) is 21.7 Å². The molecule has 1 atom stereocenters. The predicted molar refractivity (Wildman–Crippen MR) is 119 cm³/mol. The van der Waals surface area contributed by atoms with Crippen LogP contribution in [0.15, 0.2) is 93.1 Å². The number of amides is 1. The zero-order chi connectivity index (χ0) is 22.4.